The van der Waals surface area contributed by atoms with Crippen molar-refractivity contribution in [1.29, 1.82) is 0 Å². The molecule has 0 aromatic heterocycles. The van der Waals surface area contributed by atoms with Gasteiger partial charge >= 0.3 is 6.03 Å². The van der Waals surface area contributed by atoms with Crippen molar-refractivity contribution in [2.24, 2.45) is 0 Å². The molecule has 1 saturated heterocycles. The van der Waals surface area contributed by atoms with Gasteiger partial charge in [0.05, 0.1) is 11.9 Å². The molecular weight excluding hydrogens is 358 g/mol. The standard InChI is InChI=1S/C17H25N3O5S/c1-3-25-14-6-4-13(5-7-14)19-17(22)20-10-8-15(9-11-20)26(23,24)12-16(21)18-2/h4-7,15H,3,8-12H2,1-2H3,(H,18,21)(H,19,22). The Labute approximate surface area is 153 Å². The lowest BCUT2D eigenvalue weighted by atomic mass is 10.1. The summed E-state index contributed by atoms with van der Waals surface area (Å²) >= 11 is 0. The molecule has 0 saturated carbocycles. The van der Waals surface area contributed by atoms with E-state index < -0.39 is 26.7 Å². The van der Waals surface area contributed by atoms with Gasteiger partial charge in [0.25, 0.3) is 0 Å². The van der Waals surface area contributed by atoms with E-state index in [9.17, 15) is 18.0 Å². The van der Waals surface area contributed by atoms with Crippen molar-refractivity contribution in [2.45, 2.75) is 25.0 Å². The first-order valence-electron chi connectivity index (χ1n) is 8.56. The summed E-state index contributed by atoms with van der Waals surface area (Å²) in [5, 5.41) is 4.53. The highest BCUT2D eigenvalue weighted by molar-refractivity contribution is 7.92. The van der Waals surface area contributed by atoms with Crippen LogP contribution in [0.15, 0.2) is 24.3 Å². The van der Waals surface area contributed by atoms with Crippen molar-refractivity contribution in [3.8, 4) is 5.75 Å². The number of sulfone groups is 1. The van der Waals surface area contributed by atoms with Gasteiger partial charge in [-0.2, -0.15) is 0 Å². The van der Waals surface area contributed by atoms with Crippen molar-refractivity contribution in [3.05, 3.63) is 24.3 Å². The topological polar surface area (TPSA) is 105 Å². The zero-order valence-electron chi connectivity index (χ0n) is 15.0. The zero-order valence-corrected chi connectivity index (χ0v) is 15.8. The van der Waals surface area contributed by atoms with Crippen LogP contribution in [0.1, 0.15) is 19.8 Å². The van der Waals surface area contributed by atoms with Crippen molar-refractivity contribution in [3.63, 3.8) is 0 Å². The molecule has 1 aliphatic rings. The van der Waals surface area contributed by atoms with Gasteiger partial charge in [0.15, 0.2) is 9.84 Å². The summed E-state index contributed by atoms with van der Waals surface area (Å²) in [7, 11) is -2.09. The Bertz CT molecular complexity index is 725. The number of carbonyl (C=O) groups excluding carboxylic acids is 2. The van der Waals surface area contributed by atoms with E-state index >= 15 is 0 Å². The molecule has 1 heterocycles. The van der Waals surface area contributed by atoms with Gasteiger partial charge in [0, 0.05) is 25.8 Å². The van der Waals surface area contributed by atoms with Crippen LogP contribution in [0.25, 0.3) is 0 Å². The maximum atomic E-state index is 12.3. The Hall–Kier alpha value is -2.29. The van der Waals surface area contributed by atoms with E-state index in [1.165, 1.54) is 7.05 Å². The van der Waals surface area contributed by atoms with Crippen molar-refractivity contribution < 1.29 is 22.7 Å². The molecule has 0 radical (unpaired) electrons. The maximum Gasteiger partial charge on any atom is 0.321 e. The first-order chi connectivity index (χ1) is 12.4. The van der Waals surface area contributed by atoms with Gasteiger partial charge in [-0.15, -0.1) is 0 Å². The monoisotopic (exact) mass is 383 g/mol. The van der Waals surface area contributed by atoms with Crippen LogP contribution >= 0.6 is 0 Å². The largest absolute Gasteiger partial charge is 0.494 e. The first-order valence-corrected chi connectivity index (χ1v) is 10.3. The van der Waals surface area contributed by atoms with Gasteiger partial charge in [-0.25, -0.2) is 13.2 Å². The van der Waals surface area contributed by atoms with E-state index in [1.54, 1.807) is 29.2 Å². The molecule has 1 aromatic carbocycles. The minimum atomic E-state index is -3.50. The van der Waals surface area contributed by atoms with Crippen LogP contribution in [0.2, 0.25) is 0 Å². The third-order valence-corrected chi connectivity index (χ3v) is 6.42. The first kappa shape index (κ1) is 20.0. The van der Waals surface area contributed by atoms with Crippen molar-refractivity contribution in [1.82, 2.24) is 10.2 Å². The number of nitrogens with one attached hydrogen (secondary N) is 2. The quantitative estimate of drug-likeness (QED) is 0.769. The zero-order chi connectivity index (χ0) is 19.2. The Morgan fingerprint density at radius 3 is 2.35 bits per heavy atom. The number of likely N-dealkylation sites (tertiary alicyclic amines) is 1. The van der Waals surface area contributed by atoms with Gasteiger partial charge in [-0.05, 0) is 44.0 Å². The molecule has 9 heteroatoms. The summed E-state index contributed by atoms with van der Waals surface area (Å²) in [6.45, 7) is 3.14. The maximum absolute atomic E-state index is 12.3. The fourth-order valence-corrected chi connectivity index (χ4v) is 4.47. The van der Waals surface area contributed by atoms with Crippen molar-refractivity contribution in [2.75, 3.05) is 37.8 Å². The van der Waals surface area contributed by atoms with Crippen molar-refractivity contribution >= 4 is 27.5 Å². The van der Waals surface area contributed by atoms with E-state index in [0.29, 0.717) is 38.2 Å². The molecule has 26 heavy (non-hydrogen) atoms. The summed E-state index contributed by atoms with van der Waals surface area (Å²) in [5.41, 5.74) is 0.646. The number of nitrogens with zero attached hydrogens (tertiary/aromatic N) is 1. The Balaban J connectivity index is 1.87. The third kappa shape index (κ3) is 5.35. The van der Waals surface area contributed by atoms with Gasteiger partial charge in [-0.1, -0.05) is 0 Å². The second-order valence-electron chi connectivity index (χ2n) is 6.05. The highest BCUT2D eigenvalue weighted by Crippen LogP contribution is 2.20. The fourth-order valence-electron chi connectivity index (χ4n) is 2.79. The number of rotatable bonds is 6. The van der Waals surface area contributed by atoms with Crippen LogP contribution in [0.3, 0.4) is 0 Å². The summed E-state index contributed by atoms with van der Waals surface area (Å²) in [6.07, 6.45) is 0.659. The summed E-state index contributed by atoms with van der Waals surface area (Å²) in [5.74, 6) is -0.291. The molecule has 0 aliphatic carbocycles. The second-order valence-corrected chi connectivity index (χ2v) is 8.34. The number of urea groups is 1. The summed E-state index contributed by atoms with van der Waals surface area (Å²) in [4.78, 5) is 25.3. The lowest BCUT2D eigenvalue weighted by Gasteiger charge is -2.31. The summed E-state index contributed by atoms with van der Waals surface area (Å²) in [6, 6.07) is 6.79. The average molecular weight is 383 g/mol. The predicted octanol–water partition coefficient (Wildman–Crippen LogP) is 1.24. The lowest BCUT2D eigenvalue weighted by molar-refractivity contribution is -0.118. The molecule has 144 valence electrons. The minimum absolute atomic E-state index is 0.267. The molecule has 0 atom stereocenters. The minimum Gasteiger partial charge on any atom is -0.494 e. The molecule has 2 N–H and O–H groups in total. The molecule has 1 aliphatic heterocycles. The van der Waals surface area contributed by atoms with E-state index in [0.717, 1.165) is 5.75 Å². The number of amides is 3. The molecule has 1 fully saturated rings. The third-order valence-electron chi connectivity index (χ3n) is 4.26. The SMILES string of the molecule is CCOc1ccc(NC(=O)N2CCC(S(=O)(=O)CC(=O)NC)CC2)cc1. The lowest BCUT2D eigenvalue weighted by Crippen LogP contribution is -2.45. The average Bonchev–Trinajstić information content (AvgIpc) is 2.63. The van der Waals surface area contributed by atoms with Crippen LogP contribution < -0.4 is 15.4 Å². The van der Waals surface area contributed by atoms with E-state index in [4.69, 9.17) is 4.74 Å². The number of carbonyl (C=O) groups is 2. The van der Waals surface area contributed by atoms with Crippen LogP contribution in [0, 0.1) is 0 Å². The predicted molar refractivity (Wildman–Crippen MR) is 99.1 cm³/mol. The molecule has 3 amide bonds. The summed E-state index contributed by atoms with van der Waals surface area (Å²) < 4.78 is 29.8. The molecule has 0 spiro atoms. The Morgan fingerprint density at radius 1 is 1.19 bits per heavy atom. The highest BCUT2D eigenvalue weighted by Gasteiger charge is 2.32. The number of hydrogen-bond acceptors (Lipinski definition) is 5. The Kier molecular flexibility index (Phi) is 6.84. The van der Waals surface area contributed by atoms with Crippen LogP contribution in [0.4, 0.5) is 10.5 Å². The number of benzene rings is 1. The number of ether oxygens (including phenoxy) is 1. The molecular formula is C17H25N3O5S. The van der Waals surface area contributed by atoms with Gasteiger partial charge < -0.3 is 20.3 Å². The van der Waals surface area contributed by atoms with Crippen LogP contribution in [0.5, 0.6) is 5.75 Å². The molecule has 0 unspecified atom stereocenters. The van der Waals surface area contributed by atoms with Crippen LogP contribution in [-0.2, 0) is 14.6 Å². The molecule has 1 aromatic rings. The molecule has 8 nitrogen and oxygen atoms in total. The van der Waals surface area contributed by atoms with Crippen LogP contribution in [-0.4, -0.2) is 63.0 Å². The van der Waals surface area contributed by atoms with E-state index in [-0.39, 0.29) is 6.03 Å². The van der Waals surface area contributed by atoms with E-state index in [1.807, 2.05) is 6.92 Å². The van der Waals surface area contributed by atoms with Gasteiger partial charge in [0.1, 0.15) is 11.5 Å². The van der Waals surface area contributed by atoms with Gasteiger partial charge in [-0.3, -0.25) is 4.79 Å². The number of anilines is 1. The fraction of sp³-hybridized carbons (Fsp3) is 0.529. The van der Waals surface area contributed by atoms with Gasteiger partial charge in [0.2, 0.25) is 5.91 Å². The normalized spacial score (nSPS) is 15.4. The Morgan fingerprint density at radius 2 is 1.81 bits per heavy atom. The highest BCUT2D eigenvalue weighted by atomic mass is 32.2. The number of hydrogen-bond donors (Lipinski definition) is 2. The molecule has 2 rings (SSSR count). The smallest absolute Gasteiger partial charge is 0.321 e. The number of piperidine rings is 1. The van der Waals surface area contributed by atoms with E-state index in [2.05, 4.69) is 10.6 Å². The molecule has 0 bridgehead atoms. The second kappa shape index (κ2) is 8.88.